The third kappa shape index (κ3) is 5.59. The Kier molecular flexibility index (Phi) is 6.90. The molecule has 1 aromatic heterocycles. The summed E-state index contributed by atoms with van der Waals surface area (Å²) < 4.78 is 0. The van der Waals surface area contributed by atoms with Crippen LogP contribution in [0.15, 0.2) is 48.5 Å². The average molecular weight is 430 g/mol. The Balaban J connectivity index is 1.75. The number of aromatic nitrogens is 2. The molecule has 1 heterocycles. The molecule has 5 N–H and O–H groups in total. The normalized spacial score (nSPS) is 10.7. The van der Waals surface area contributed by atoms with E-state index in [0.29, 0.717) is 35.9 Å². The molecule has 29 heavy (non-hydrogen) atoms. The van der Waals surface area contributed by atoms with Gasteiger partial charge in [-0.05, 0) is 41.8 Å². The fourth-order valence-corrected chi connectivity index (χ4v) is 3.19. The molecule has 0 aliphatic rings. The molecule has 2 aromatic carbocycles. The number of nitrogens with zero attached hydrogens (tertiary/aromatic N) is 2. The van der Waals surface area contributed by atoms with Crippen LogP contribution in [0.2, 0.25) is 5.02 Å². The molecule has 150 valence electrons. The number of nitrogens with two attached hydrogens (primary N) is 2. The van der Waals surface area contributed by atoms with E-state index in [9.17, 15) is 4.79 Å². The van der Waals surface area contributed by atoms with Crippen molar-refractivity contribution >= 4 is 46.4 Å². The summed E-state index contributed by atoms with van der Waals surface area (Å²) in [7, 11) is 0. The lowest BCUT2D eigenvalue weighted by molar-refractivity contribution is -0.116. The quantitative estimate of drug-likeness (QED) is 0.460. The Bertz CT molecular complexity index is 991. The summed E-state index contributed by atoms with van der Waals surface area (Å²) in [5, 5.41) is 3.96. The molecule has 0 unspecified atom stereocenters. The monoisotopic (exact) mass is 429 g/mol. The van der Waals surface area contributed by atoms with Crippen molar-refractivity contribution in [3.8, 4) is 11.1 Å². The first-order chi connectivity index (χ1) is 14.0. The molecule has 0 saturated carbocycles. The van der Waals surface area contributed by atoms with Gasteiger partial charge in [-0.25, -0.2) is 4.98 Å². The zero-order valence-electron chi connectivity index (χ0n) is 15.7. The molecule has 0 aliphatic carbocycles. The summed E-state index contributed by atoms with van der Waals surface area (Å²) in [5.74, 6) is 0.538. The van der Waals surface area contributed by atoms with Gasteiger partial charge < -0.3 is 16.8 Å². The largest absolute Gasteiger partial charge is 0.383 e. The number of benzene rings is 2. The van der Waals surface area contributed by atoms with Crippen molar-refractivity contribution in [1.82, 2.24) is 9.97 Å². The lowest BCUT2D eigenvalue weighted by Crippen LogP contribution is -2.10. The van der Waals surface area contributed by atoms with Crippen molar-refractivity contribution in [2.45, 2.75) is 19.4 Å². The highest BCUT2D eigenvalue weighted by Gasteiger charge is 2.14. The molecular formula is C21H21Cl2N5O. The van der Waals surface area contributed by atoms with Crippen LogP contribution in [0.3, 0.4) is 0 Å². The third-order valence-electron chi connectivity index (χ3n) is 4.42. The van der Waals surface area contributed by atoms with Gasteiger partial charge in [-0.2, -0.15) is 4.98 Å². The Hall–Kier alpha value is -2.83. The van der Waals surface area contributed by atoms with E-state index in [1.807, 2.05) is 36.4 Å². The predicted molar refractivity (Wildman–Crippen MR) is 119 cm³/mol. The van der Waals surface area contributed by atoms with E-state index in [0.717, 1.165) is 22.4 Å². The number of Topliss-reactive ketones (excluding diaryl/α,β-unsaturated/α-hetero) is 1. The standard InChI is InChI=1S/C21H21Cl2N5O/c22-11-17(29)10-3-13-1-8-16(9-2-13)26-12-18-19(20(24)28-21(25)27-18)14-4-6-15(23)7-5-14/h1-2,4-9,26H,3,10-12H2,(H4,24,25,27,28). The molecule has 3 rings (SSSR count). The van der Waals surface area contributed by atoms with E-state index in [1.54, 1.807) is 12.1 Å². The third-order valence-corrected chi connectivity index (χ3v) is 4.97. The molecule has 0 spiro atoms. The zero-order valence-corrected chi connectivity index (χ0v) is 17.2. The zero-order chi connectivity index (χ0) is 20.8. The molecule has 6 nitrogen and oxygen atoms in total. The molecule has 3 aromatic rings. The molecule has 0 atom stereocenters. The van der Waals surface area contributed by atoms with Crippen LogP contribution in [0.25, 0.3) is 11.1 Å². The van der Waals surface area contributed by atoms with Crippen LogP contribution in [-0.2, 0) is 17.8 Å². The summed E-state index contributed by atoms with van der Waals surface area (Å²) >= 11 is 11.5. The number of hydrogen-bond donors (Lipinski definition) is 3. The Morgan fingerprint density at radius 2 is 1.69 bits per heavy atom. The molecule has 0 aliphatic heterocycles. The maximum atomic E-state index is 11.3. The lowest BCUT2D eigenvalue weighted by atomic mass is 10.0. The van der Waals surface area contributed by atoms with Crippen molar-refractivity contribution in [2.75, 3.05) is 22.7 Å². The fraction of sp³-hybridized carbons (Fsp3) is 0.190. The molecule has 8 heteroatoms. The first-order valence-electron chi connectivity index (χ1n) is 9.04. The Morgan fingerprint density at radius 3 is 2.34 bits per heavy atom. The van der Waals surface area contributed by atoms with E-state index in [2.05, 4.69) is 15.3 Å². The van der Waals surface area contributed by atoms with E-state index >= 15 is 0 Å². The van der Waals surface area contributed by atoms with Crippen LogP contribution in [-0.4, -0.2) is 21.6 Å². The van der Waals surface area contributed by atoms with Gasteiger partial charge in [-0.3, -0.25) is 4.79 Å². The van der Waals surface area contributed by atoms with Crippen molar-refractivity contribution in [3.05, 3.63) is 64.8 Å². The van der Waals surface area contributed by atoms with Crippen LogP contribution < -0.4 is 16.8 Å². The van der Waals surface area contributed by atoms with E-state index in [-0.39, 0.29) is 17.6 Å². The number of rotatable bonds is 8. The smallest absolute Gasteiger partial charge is 0.222 e. The number of hydrogen-bond acceptors (Lipinski definition) is 6. The van der Waals surface area contributed by atoms with Gasteiger partial charge in [0.25, 0.3) is 0 Å². The number of carbonyl (C=O) groups excluding carboxylic acids is 1. The maximum Gasteiger partial charge on any atom is 0.222 e. The number of aryl methyl sites for hydroxylation is 1. The summed E-state index contributed by atoms with van der Waals surface area (Å²) in [6.45, 7) is 0.416. The predicted octanol–water partition coefficient (Wildman–Crippen LogP) is 4.31. The first-order valence-corrected chi connectivity index (χ1v) is 9.96. The number of ketones is 1. The van der Waals surface area contributed by atoms with Crippen LogP contribution in [0.5, 0.6) is 0 Å². The summed E-state index contributed by atoms with van der Waals surface area (Å²) in [6, 6.07) is 15.2. The topological polar surface area (TPSA) is 107 Å². The second kappa shape index (κ2) is 9.58. The van der Waals surface area contributed by atoms with Crippen LogP contribution in [0.4, 0.5) is 17.5 Å². The van der Waals surface area contributed by atoms with Gasteiger partial charge in [0.15, 0.2) is 0 Å². The minimum atomic E-state index is 0.0440. The number of carbonyl (C=O) groups is 1. The van der Waals surface area contributed by atoms with Gasteiger partial charge in [-0.1, -0.05) is 35.9 Å². The van der Waals surface area contributed by atoms with E-state index in [1.165, 1.54) is 0 Å². The molecule has 0 saturated heterocycles. The van der Waals surface area contributed by atoms with Gasteiger partial charge in [0.05, 0.1) is 18.1 Å². The van der Waals surface area contributed by atoms with E-state index < -0.39 is 0 Å². The van der Waals surface area contributed by atoms with Crippen molar-refractivity contribution in [2.24, 2.45) is 0 Å². The summed E-state index contributed by atoms with van der Waals surface area (Å²) in [6.07, 6.45) is 1.12. The second-order valence-electron chi connectivity index (χ2n) is 6.52. The van der Waals surface area contributed by atoms with Crippen LogP contribution in [0.1, 0.15) is 17.7 Å². The summed E-state index contributed by atoms with van der Waals surface area (Å²) in [4.78, 5) is 19.8. The van der Waals surface area contributed by atoms with Crippen LogP contribution >= 0.6 is 23.2 Å². The molecular weight excluding hydrogens is 409 g/mol. The van der Waals surface area contributed by atoms with Gasteiger partial charge in [0.2, 0.25) is 5.95 Å². The summed E-state index contributed by atoms with van der Waals surface area (Å²) in [5.41, 5.74) is 16.2. The highest BCUT2D eigenvalue weighted by molar-refractivity contribution is 6.30. The van der Waals surface area contributed by atoms with Gasteiger partial charge in [-0.15, -0.1) is 11.6 Å². The maximum absolute atomic E-state index is 11.3. The van der Waals surface area contributed by atoms with Gasteiger partial charge >= 0.3 is 0 Å². The highest BCUT2D eigenvalue weighted by Crippen LogP contribution is 2.30. The van der Waals surface area contributed by atoms with Crippen molar-refractivity contribution in [1.29, 1.82) is 0 Å². The van der Waals surface area contributed by atoms with Crippen LogP contribution in [0, 0.1) is 0 Å². The van der Waals surface area contributed by atoms with Crippen molar-refractivity contribution in [3.63, 3.8) is 0 Å². The SMILES string of the molecule is Nc1nc(N)c(-c2ccc(Cl)cc2)c(CNc2ccc(CCC(=O)CCl)cc2)n1. The highest BCUT2D eigenvalue weighted by atomic mass is 35.5. The number of nitrogen functional groups attached to an aromatic ring is 2. The Morgan fingerprint density at radius 1 is 1.00 bits per heavy atom. The first kappa shape index (κ1) is 20.9. The fourth-order valence-electron chi connectivity index (χ4n) is 2.93. The minimum Gasteiger partial charge on any atom is -0.383 e. The Labute approximate surface area is 179 Å². The lowest BCUT2D eigenvalue weighted by Gasteiger charge is -2.14. The van der Waals surface area contributed by atoms with Gasteiger partial charge in [0.1, 0.15) is 11.6 Å². The van der Waals surface area contributed by atoms with E-state index in [4.69, 9.17) is 34.7 Å². The molecule has 0 fully saturated rings. The molecule has 0 radical (unpaired) electrons. The number of halogens is 2. The average Bonchev–Trinajstić information content (AvgIpc) is 2.72. The molecule has 0 amide bonds. The molecule has 0 bridgehead atoms. The van der Waals surface area contributed by atoms with Crippen molar-refractivity contribution < 1.29 is 4.79 Å². The second-order valence-corrected chi connectivity index (χ2v) is 7.22. The van der Waals surface area contributed by atoms with Gasteiger partial charge in [0, 0.05) is 22.7 Å². The number of alkyl halides is 1. The number of anilines is 3. The number of nitrogens with one attached hydrogen (secondary N) is 1. The minimum absolute atomic E-state index is 0.0440.